The van der Waals surface area contributed by atoms with Gasteiger partial charge in [-0.1, -0.05) is 122 Å². The number of unbranched alkanes of at least 4 members (excludes halogenated alkanes) is 18. The summed E-state index contributed by atoms with van der Waals surface area (Å²) in [6, 6.07) is 0. The molecule has 0 spiro atoms. The SMILES string of the molecule is CCCCCCCCCCCCCCCCCCCCCC(=O)OCCOCCOCCOCC[N+](C)(C)C. The Morgan fingerprint density at radius 2 is 0.795 bits per heavy atom. The number of ether oxygens (including phenoxy) is 4. The van der Waals surface area contributed by atoms with Gasteiger partial charge in [0.1, 0.15) is 13.2 Å². The third-order valence-electron chi connectivity index (χ3n) is 7.13. The number of carbonyl (C=O) groups excluding carboxylic acids is 1. The van der Waals surface area contributed by atoms with Gasteiger partial charge >= 0.3 is 5.97 Å². The second kappa shape index (κ2) is 30.3. The quantitative estimate of drug-likeness (QED) is 0.0474. The summed E-state index contributed by atoms with van der Waals surface area (Å²) in [5.41, 5.74) is 0. The van der Waals surface area contributed by atoms with E-state index in [4.69, 9.17) is 18.9 Å². The highest BCUT2D eigenvalue weighted by Crippen LogP contribution is 2.15. The summed E-state index contributed by atoms with van der Waals surface area (Å²) in [5, 5.41) is 0. The molecule has 0 bridgehead atoms. The van der Waals surface area contributed by atoms with Crippen molar-refractivity contribution in [3.05, 3.63) is 0 Å². The van der Waals surface area contributed by atoms with Gasteiger partial charge in [-0.3, -0.25) is 4.79 Å². The van der Waals surface area contributed by atoms with Crippen LogP contribution in [-0.4, -0.2) is 84.4 Å². The van der Waals surface area contributed by atoms with E-state index in [1.54, 1.807) is 0 Å². The van der Waals surface area contributed by atoms with Gasteiger partial charge in [0.25, 0.3) is 0 Å². The lowest BCUT2D eigenvalue weighted by atomic mass is 10.0. The lowest BCUT2D eigenvalue weighted by Gasteiger charge is -2.23. The van der Waals surface area contributed by atoms with Crippen LogP contribution in [0, 0.1) is 0 Å². The zero-order valence-electron chi connectivity index (χ0n) is 26.8. The van der Waals surface area contributed by atoms with Crippen molar-refractivity contribution in [2.75, 3.05) is 73.9 Å². The zero-order chi connectivity index (χ0) is 28.7. The molecule has 39 heavy (non-hydrogen) atoms. The molecule has 0 aromatic heterocycles. The molecular weight excluding hydrogens is 490 g/mol. The first-order valence-electron chi connectivity index (χ1n) is 16.6. The van der Waals surface area contributed by atoms with Crippen LogP contribution in [0.2, 0.25) is 0 Å². The molecule has 0 unspecified atom stereocenters. The van der Waals surface area contributed by atoms with E-state index < -0.39 is 0 Å². The Morgan fingerprint density at radius 3 is 1.18 bits per heavy atom. The van der Waals surface area contributed by atoms with E-state index in [1.807, 2.05) is 0 Å². The molecule has 0 N–H and O–H groups in total. The molecule has 0 atom stereocenters. The average molecular weight is 559 g/mol. The maximum Gasteiger partial charge on any atom is 0.305 e. The molecular formula is C33H68NO5+. The third kappa shape index (κ3) is 35.3. The van der Waals surface area contributed by atoms with Gasteiger partial charge in [-0.15, -0.1) is 0 Å². The predicted molar refractivity (Wildman–Crippen MR) is 164 cm³/mol. The molecule has 0 aromatic carbocycles. The second-order valence-corrected chi connectivity index (χ2v) is 12.2. The van der Waals surface area contributed by atoms with Crippen LogP contribution in [0.5, 0.6) is 0 Å². The average Bonchev–Trinajstić information content (AvgIpc) is 2.90. The van der Waals surface area contributed by atoms with E-state index in [0.717, 1.165) is 30.5 Å². The van der Waals surface area contributed by atoms with E-state index in [9.17, 15) is 4.79 Å². The van der Waals surface area contributed by atoms with Crippen LogP contribution in [0.1, 0.15) is 135 Å². The summed E-state index contributed by atoms with van der Waals surface area (Å²) in [6.07, 6.45) is 26.4. The van der Waals surface area contributed by atoms with Crippen molar-refractivity contribution >= 4 is 5.97 Å². The van der Waals surface area contributed by atoms with E-state index >= 15 is 0 Å². The molecule has 0 amide bonds. The maximum atomic E-state index is 11.8. The van der Waals surface area contributed by atoms with Crippen LogP contribution >= 0.6 is 0 Å². The minimum absolute atomic E-state index is 0.104. The summed E-state index contributed by atoms with van der Waals surface area (Å²) in [7, 11) is 6.45. The van der Waals surface area contributed by atoms with Gasteiger partial charge in [0.2, 0.25) is 0 Å². The Kier molecular flexibility index (Phi) is 29.7. The minimum Gasteiger partial charge on any atom is -0.463 e. The highest BCUT2D eigenvalue weighted by atomic mass is 16.6. The van der Waals surface area contributed by atoms with Gasteiger partial charge < -0.3 is 23.4 Å². The number of likely N-dealkylation sites (N-methyl/N-ethyl adjacent to an activating group) is 1. The Morgan fingerprint density at radius 1 is 0.462 bits per heavy atom. The molecule has 0 fully saturated rings. The van der Waals surface area contributed by atoms with Gasteiger partial charge in [0.15, 0.2) is 0 Å². The number of quaternary nitrogens is 1. The van der Waals surface area contributed by atoms with Crippen molar-refractivity contribution in [3.63, 3.8) is 0 Å². The first-order valence-corrected chi connectivity index (χ1v) is 16.6. The Balaban J connectivity index is 3.16. The van der Waals surface area contributed by atoms with Crippen LogP contribution in [0.25, 0.3) is 0 Å². The monoisotopic (exact) mass is 559 g/mol. The van der Waals surface area contributed by atoms with E-state index in [0.29, 0.717) is 46.1 Å². The zero-order valence-corrected chi connectivity index (χ0v) is 26.8. The normalized spacial score (nSPS) is 11.8. The van der Waals surface area contributed by atoms with Crippen molar-refractivity contribution in [1.82, 2.24) is 0 Å². The highest BCUT2D eigenvalue weighted by Gasteiger charge is 2.05. The van der Waals surface area contributed by atoms with Crippen LogP contribution in [0.3, 0.4) is 0 Å². The number of hydrogen-bond acceptors (Lipinski definition) is 5. The fourth-order valence-electron chi connectivity index (χ4n) is 4.51. The molecule has 0 aliphatic rings. The summed E-state index contributed by atoms with van der Waals surface area (Å²) in [5.74, 6) is -0.104. The molecule has 0 aliphatic carbocycles. The van der Waals surface area contributed by atoms with Crippen molar-refractivity contribution in [3.8, 4) is 0 Å². The van der Waals surface area contributed by atoms with E-state index in [2.05, 4.69) is 28.1 Å². The Bertz CT molecular complexity index is 495. The second-order valence-electron chi connectivity index (χ2n) is 12.2. The lowest BCUT2D eigenvalue weighted by molar-refractivity contribution is -0.870. The summed E-state index contributed by atoms with van der Waals surface area (Å²) < 4.78 is 22.6. The first kappa shape index (κ1) is 38.3. The van der Waals surface area contributed by atoms with E-state index in [-0.39, 0.29) is 5.97 Å². The van der Waals surface area contributed by atoms with Crippen LogP contribution in [-0.2, 0) is 23.7 Å². The fraction of sp³-hybridized carbons (Fsp3) is 0.970. The van der Waals surface area contributed by atoms with Gasteiger partial charge in [0.05, 0.1) is 60.8 Å². The van der Waals surface area contributed by atoms with Crippen LogP contribution in [0.15, 0.2) is 0 Å². The summed E-state index contributed by atoms with van der Waals surface area (Å²) in [6.45, 7) is 7.00. The van der Waals surface area contributed by atoms with Crippen LogP contribution in [0.4, 0.5) is 0 Å². The molecule has 0 aliphatic heterocycles. The third-order valence-corrected chi connectivity index (χ3v) is 7.13. The fourth-order valence-corrected chi connectivity index (χ4v) is 4.51. The minimum atomic E-state index is -0.104. The molecule has 0 rings (SSSR count). The molecule has 0 saturated carbocycles. The van der Waals surface area contributed by atoms with E-state index in [1.165, 1.54) is 109 Å². The first-order chi connectivity index (χ1) is 19.0. The molecule has 0 saturated heterocycles. The Hall–Kier alpha value is -0.690. The maximum absolute atomic E-state index is 11.8. The van der Waals surface area contributed by atoms with Crippen molar-refractivity contribution < 1.29 is 28.2 Å². The topological polar surface area (TPSA) is 54.0 Å². The molecule has 6 nitrogen and oxygen atoms in total. The van der Waals surface area contributed by atoms with Gasteiger partial charge in [-0.05, 0) is 6.42 Å². The molecule has 0 radical (unpaired) electrons. The number of rotatable bonds is 32. The van der Waals surface area contributed by atoms with Gasteiger partial charge in [-0.2, -0.15) is 0 Å². The molecule has 0 heterocycles. The summed E-state index contributed by atoms with van der Waals surface area (Å²) >= 11 is 0. The van der Waals surface area contributed by atoms with Crippen LogP contribution < -0.4 is 0 Å². The molecule has 0 aromatic rings. The van der Waals surface area contributed by atoms with Gasteiger partial charge in [-0.25, -0.2) is 0 Å². The highest BCUT2D eigenvalue weighted by molar-refractivity contribution is 5.69. The standard InChI is InChI=1S/C33H68NO5/c1-5-6-7-8-9-10-11-12-13-14-15-16-17-18-19-20-21-22-23-24-33(35)39-32-31-38-30-29-37-28-27-36-26-25-34(2,3)4/h5-32H2,1-4H3/q+1. The molecule has 234 valence electrons. The number of hydrogen-bond donors (Lipinski definition) is 0. The van der Waals surface area contributed by atoms with Crippen molar-refractivity contribution in [1.29, 1.82) is 0 Å². The van der Waals surface area contributed by atoms with Crippen molar-refractivity contribution in [2.24, 2.45) is 0 Å². The lowest BCUT2D eigenvalue weighted by Crippen LogP contribution is -2.37. The Labute approximate surface area is 243 Å². The molecule has 6 heteroatoms. The summed E-state index contributed by atoms with van der Waals surface area (Å²) in [4.78, 5) is 11.8. The largest absolute Gasteiger partial charge is 0.463 e. The number of nitrogens with zero attached hydrogens (tertiary/aromatic N) is 1. The number of carbonyl (C=O) groups is 1. The predicted octanol–water partition coefficient (Wildman–Crippen LogP) is 8.11. The van der Waals surface area contributed by atoms with Gasteiger partial charge in [0, 0.05) is 6.42 Å². The number of esters is 1. The van der Waals surface area contributed by atoms with Crippen molar-refractivity contribution in [2.45, 2.75) is 135 Å². The smallest absolute Gasteiger partial charge is 0.305 e.